The molecule has 0 saturated heterocycles. The quantitative estimate of drug-likeness (QED) is 0.421. The standard InChI is InChI=1S/C19H21F3O5/c1-3-26-16(23)13-14(17(24)27-4-2)9-8-12-18(25,19(20,21)22)15-10-6-5-7-11-15/h5-12,25H,3-4,13H2,1-2H3/b12-8+,14-9+. The Hall–Kier alpha value is -2.61. The highest BCUT2D eigenvalue weighted by molar-refractivity contribution is 5.94. The predicted octanol–water partition coefficient (Wildman–Crippen LogP) is 3.44. The molecule has 0 heterocycles. The molecule has 1 unspecified atom stereocenters. The van der Waals surface area contributed by atoms with Gasteiger partial charge in [-0.05, 0) is 25.5 Å². The number of aliphatic hydroxyl groups is 1. The van der Waals surface area contributed by atoms with Crippen molar-refractivity contribution in [2.24, 2.45) is 0 Å². The lowest BCUT2D eigenvalue weighted by atomic mass is 9.92. The van der Waals surface area contributed by atoms with Gasteiger partial charge in [-0.25, -0.2) is 4.79 Å². The van der Waals surface area contributed by atoms with Gasteiger partial charge in [-0.3, -0.25) is 4.79 Å². The van der Waals surface area contributed by atoms with Crippen molar-refractivity contribution in [1.29, 1.82) is 0 Å². The predicted molar refractivity (Wildman–Crippen MR) is 91.5 cm³/mol. The first kappa shape index (κ1) is 22.4. The van der Waals surface area contributed by atoms with Gasteiger partial charge in [0.25, 0.3) is 0 Å². The van der Waals surface area contributed by atoms with Crippen LogP contribution in [0.5, 0.6) is 0 Å². The summed E-state index contributed by atoms with van der Waals surface area (Å²) in [5, 5.41) is 10.2. The number of alkyl halides is 3. The van der Waals surface area contributed by atoms with Gasteiger partial charge in [-0.2, -0.15) is 13.2 Å². The Bertz CT molecular complexity index is 695. The zero-order valence-corrected chi connectivity index (χ0v) is 15.0. The van der Waals surface area contributed by atoms with Crippen LogP contribution in [0, 0.1) is 0 Å². The van der Waals surface area contributed by atoms with Gasteiger partial charge in [0.05, 0.1) is 19.6 Å². The zero-order valence-electron chi connectivity index (χ0n) is 15.0. The fourth-order valence-electron chi connectivity index (χ4n) is 2.14. The smallest absolute Gasteiger partial charge is 0.425 e. The highest BCUT2D eigenvalue weighted by Gasteiger charge is 2.53. The highest BCUT2D eigenvalue weighted by atomic mass is 19.4. The van der Waals surface area contributed by atoms with Crippen LogP contribution >= 0.6 is 0 Å². The van der Waals surface area contributed by atoms with Gasteiger partial charge >= 0.3 is 18.1 Å². The number of esters is 2. The molecule has 0 aliphatic rings. The lowest BCUT2D eigenvalue weighted by Gasteiger charge is -2.27. The summed E-state index contributed by atoms with van der Waals surface area (Å²) in [5.41, 5.74) is -3.83. The average Bonchev–Trinajstić information content (AvgIpc) is 2.61. The van der Waals surface area contributed by atoms with E-state index >= 15 is 0 Å². The summed E-state index contributed by atoms with van der Waals surface area (Å²) in [6, 6.07) is 6.50. The van der Waals surface area contributed by atoms with Crippen LogP contribution in [0.3, 0.4) is 0 Å². The van der Waals surface area contributed by atoms with Crippen molar-refractivity contribution >= 4 is 11.9 Å². The molecule has 5 nitrogen and oxygen atoms in total. The maximum absolute atomic E-state index is 13.4. The Morgan fingerprint density at radius 3 is 2.19 bits per heavy atom. The molecule has 8 heteroatoms. The number of benzene rings is 1. The molecule has 0 aliphatic heterocycles. The van der Waals surface area contributed by atoms with E-state index < -0.39 is 30.1 Å². The van der Waals surface area contributed by atoms with Crippen molar-refractivity contribution in [2.45, 2.75) is 32.0 Å². The number of hydrogen-bond donors (Lipinski definition) is 1. The topological polar surface area (TPSA) is 72.8 Å². The SMILES string of the molecule is CCOC(=O)C/C(=C\C=C\C(O)(c1ccccc1)C(F)(F)F)C(=O)OCC. The second-order valence-corrected chi connectivity index (χ2v) is 5.38. The van der Waals surface area contributed by atoms with Crippen molar-refractivity contribution in [3.63, 3.8) is 0 Å². The third-order valence-corrected chi connectivity index (χ3v) is 3.46. The minimum atomic E-state index is -5.00. The molecule has 1 aromatic carbocycles. The zero-order chi connectivity index (χ0) is 20.5. The summed E-state index contributed by atoms with van der Waals surface area (Å²) in [4.78, 5) is 23.5. The van der Waals surface area contributed by atoms with E-state index in [0.29, 0.717) is 6.08 Å². The molecule has 0 saturated carbocycles. The van der Waals surface area contributed by atoms with E-state index in [1.54, 1.807) is 13.8 Å². The van der Waals surface area contributed by atoms with Crippen molar-refractivity contribution in [3.05, 3.63) is 59.7 Å². The minimum absolute atomic E-state index is 0.0270. The van der Waals surface area contributed by atoms with E-state index in [2.05, 4.69) is 0 Å². The molecule has 1 rings (SSSR count). The van der Waals surface area contributed by atoms with Gasteiger partial charge in [-0.15, -0.1) is 0 Å². The largest absolute Gasteiger partial charge is 0.466 e. The molecule has 0 radical (unpaired) electrons. The van der Waals surface area contributed by atoms with Crippen LogP contribution in [0.1, 0.15) is 25.8 Å². The number of allylic oxidation sites excluding steroid dienone is 2. The summed E-state index contributed by atoms with van der Waals surface area (Å²) in [7, 11) is 0. The van der Waals surface area contributed by atoms with E-state index in [1.807, 2.05) is 0 Å². The molecule has 0 fully saturated rings. The Morgan fingerprint density at radius 2 is 1.67 bits per heavy atom. The number of carbonyl (C=O) groups is 2. The van der Waals surface area contributed by atoms with Crippen molar-refractivity contribution in [2.75, 3.05) is 13.2 Å². The summed E-state index contributed by atoms with van der Waals surface area (Å²) in [5.74, 6) is -1.58. The van der Waals surface area contributed by atoms with Gasteiger partial charge in [-0.1, -0.05) is 42.5 Å². The van der Waals surface area contributed by atoms with Crippen LogP contribution in [0.15, 0.2) is 54.1 Å². The van der Waals surface area contributed by atoms with Crippen LogP contribution in [0.25, 0.3) is 0 Å². The molecule has 0 amide bonds. The van der Waals surface area contributed by atoms with E-state index in [4.69, 9.17) is 9.47 Å². The summed E-state index contributed by atoms with van der Waals surface area (Å²) in [6.45, 7) is 3.24. The molecule has 0 aromatic heterocycles. The van der Waals surface area contributed by atoms with E-state index in [9.17, 15) is 27.9 Å². The Labute approximate surface area is 155 Å². The van der Waals surface area contributed by atoms with E-state index in [-0.39, 0.29) is 24.4 Å². The van der Waals surface area contributed by atoms with Crippen LogP contribution in [-0.4, -0.2) is 36.4 Å². The molecule has 27 heavy (non-hydrogen) atoms. The third-order valence-electron chi connectivity index (χ3n) is 3.46. The summed E-state index contributed by atoms with van der Waals surface area (Å²) in [6.07, 6.45) is -3.09. The second kappa shape index (κ2) is 9.91. The third kappa shape index (κ3) is 6.25. The molecule has 1 N–H and O–H groups in total. The average molecular weight is 386 g/mol. The number of rotatable bonds is 8. The molecule has 1 aromatic rings. The monoisotopic (exact) mass is 386 g/mol. The lowest BCUT2D eigenvalue weighted by Crippen LogP contribution is -2.40. The first-order chi connectivity index (χ1) is 12.7. The van der Waals surface area contributed by atoms with Crippen LogP contribution < -0.4 is 0 Å². The van der Waals surface area contributed by atoms with Gasteiger partial charge in [0, 0.05) is 5.57 Å². The molecular weight excluding hydrogens is 365 g/mol. The van der Waals surface area contributed by atoms with Crippen LogP contribution in [0.4, 0.5) is 13.2 Å². The Balaban J connectivity index is 3.20. The molecule has 1 atom stereocenters. The number of carbonyl (C=O) groups excluding carboxylic acids is 2. The van der Waals surface area contributed by atoms with Crippen molar-refractivity contribution in [1.82, 2.24) is 0 Å². The number of halogens is 3. The fraction of sp³-hybridized carbons (Fsp3) is 0.368. The first-order valence-electron chi connectivity index (χ1n) is 8.21. The van der Waals surface area contributed by atoms with Crippen molar-refractivity contribution in [3.8, 4) is 0 Å². The fourth-order valence-corrected chi connectivity index (χ4v) is 2.14. The number of ether oxygens (including phenoxy) is 2. The molecular formula is C19H21F3O5. The van der Waals surface area contributed by atoms with Gasteiger partial charge in [0.1, 0.15) is 0 Å². The van der Waals surface area contributed by atoms with Crippen LogP contribution in [0.2, 0.25) is 0 Å². The van der Waals surface area contributed by atoms with Crippen LogP contribution in [-0.2, 0) is 24.7 Å². The van der Waals surface area contributed by atoms with Gasteiger partial charge in [0.15, 0.2) is 0 Å². The molecule has 0 bridgehead atoms. The highest BCUT2D eigenvalue weighted by Crippen LogP contribution is 2.40. The summed E-state index contributed by atoms with van der Waals surface area (Å²) >= 11 is 0. The Kier molecular flexibility index (Phi) is 8.24. The molecule has 0 aliphatic carbocycles. The minimum Gasteiger partial charge on any atom is -0.466 e. The van der Waals surface area contributed by atoms with Gasteiger partial charge in [0.2, 0.25) is 5.60 Å². The maximum atomic E-state index is 13.4. The second-order valence-electron chi connectivity index (χ2n) is 5.38. The van der Waals surface area contributed by atoms with E-state index in [0.717, 1.165) is 24.3 Å². The molecule has 148 valence electrons. The summed E-state index contributed by atoms with van der Waals surface area (Å²) < 4.78 is 49.8. The first-order valence-corrected chi connectivity index (χ1v) is 8.21. The van der Waals surface area contributed by atoms with E-state index in [1.165, 1.54) is 18.2 Å². The molecule has 0 spiro atoms. The maximum Gasteiger partial charge on any atom is 0.425 e. The Morgan fingerprint density at radius 1 is 1.07 bits per heavy atom. The van der Waals surface area contributed by atoms with Crippen molar-refractivity contribution < 1.29 is 37.3 Å². The number of hydrogen-bond acceptors (Lipinski definition) is 5. The normalized spacial score (nSPS) is 14.7. The van der Waals surface area contributed by atoms with Gasteiger partial charge < -0.3 is 14.6 Å². The lowest BCUT2D eigenvalue weighted by molar-refractivity contribution is -0.245.